The van der Waals surface area contributed by atoms with Gasteiger partial charge in [-0.25, -0.2) is 0 Å². The SMILES string of the molecule is C=CC(/C=C\C=C/CC)Oc1ccc(-c2ccc(O/C(C)=C/C=C\C)s2)s1. The fraction of sp³-hybridized carbons (Fsp3) is 0.217. The lowest BCUT2D eigenvalue weighted by Gasteiger charge is -2.08. The van der Waals surface area contributed by atoms with Crippen molar-refractivity contribution in [2.75, 3.05) is 0 Å². The van der Waals surface area contributed by atoms with E-state index in [0.29, 0.717) is 0 Å². The standard InChI is InChI=1S/C23H26O2S2/c1-5-8-10-11-13-19(7-3)25-23-17-15-21(27-23)20-14-16-22(26-20)24-18(4)12-9-6-2/h6-17,19H,3,5H2,1-2,4H3/b9-6-,10-8-,13-11-,18-12+. The van der Waals surface area contributed by atoms with Gasteiger partial charge >= 0.3 is 0 Å². The monoisotopic (exact) mass is 398 g/mol. The minimum atomic E-state index is -0.139. The zero-order valence-electron chi connectivity index (χ0n) is 16.1. The molecule has 0 N–H and O–H groups in total. The lowest BCUT2D eigenvalue weighted by molar-refractivity contribution is 0.306. The molecule has 1 unspecified atom stereocenters. The zero-order valence-corrected chi connectivity index (χ0v) is 17.7. The second kappa shape index (κ2) is 11.4. The second-order valence-electron chi connectivity index (χ2n) is 5.68. The average molecular weight is 399 g/mol. The van der Waals surface area contributed by atoms with Gasteiger partial charge in [-0.15, -0.1) is 0 Å². The van der Waals surface area contributed by atoms with Gasteiger partial charge in [0.15, 0.2) is 10.1 Å². The quantitative estimate of drug-likeness (QED) is 0.231. The molecule has 2 rings (SSSR count). The molecule has 0 aliphatic rings. The van der Waals surface area contributed by atoms with Gasteiger partial charge in [0.25, 0.3) is 0 Å². The van der Waals surface area contributed by atoms with Crippen molar-refractivity contribution in [1.29, 1.82) is 0 Å². The molecular formula is C23H26O2S2. The van der Waals surface area contributed by atoms with Crippen LogP contribution in [0.25, 0.3) is 9.75 Å². The van der Waals surface area contributed by atoms with E-state index in [9.17, 15) is 0 Å². The maximum atomic E-state index is 6.00. The van der Waals surface area contributed by atoms with Crippen molar-refractivity contribution in [3.63, 3.8) is 0 Å². The van der Waals surface area contributed by atoms with E-state index in [1.807, 2.05) is 62.4 Å². The molecule has 4 heteroatoms. The molecule has 2 aromatic heterocycles. The molecule has 2 nitrogen and oxygen atoms in total. The first kappa shape index (κ1) is 21.0. The summed E-state index contributed by atoms with van der Waals surface area (Å²) in [5, 5.41) is 1.76. The molecule has 1 atom stereocenters. The van der Waals surface area contributed by atoms with Crippen LogP contribution in [0.3, 0.4) is 0 Å². The van der Waals surface area contributed by atoms with Gasteiger partial charge in [0, 0.05) is 9.75 Å². The Kier molecular flexibility index (Phi) is 8.89. The number of hydrogen-bond donors (Lipinski definition) is 0. The number of thiophene rings is 2. The first-order chi connectivity index (χ1) is 13.2. The Labute approximate surface area is 170 Å². The van der Waals surface area contributed by atoms with E-state index in [1.165, 1.54) is 4.88 Å². The van der Waals surface area contributed by atoms with Gasteiger partial charge in [-0.1, -0.05) is 66.6 Å². The molecule has 27 heavy (non-hydrogen) atoms. The van der Waals surface area contributed by atoms with Crippen LogP contribution in [-0.2, 0) is 0 Å². The number of hydrogen-bond acceptors (Lipinski definition) is 4. The molecule has 0 aromatic carbocycles. The van der Waals surface area contributed by atoms with Crippen molar-refractivity contribution in [2.45, 2.75) is 33.3 Å². The fourth-order valence-electron chi connectivity index (χ4n) is 2.14. The molecule has 0 bridgehead atoms. The summed E-state index contributed by atoms with van der Waals surface area (Å²) in [5.41, 5.74) is 0. The third-order valence-corrected chi connectivity index (χ3v) is 5.59. The first-order valence-corrected chi connectivity index (χ1v) is 10.6. The largest absolute Gasteiger partial charge is 0.473 e. The van der Waals surface area contributed by atoms with Crippen molar-refractivity contribution in [1.82, 2.24) is 0 Å². The summed E-state index contributed by atoms with van der Waals surface area (Å²) in [6.45, 7) is 9.90. The molecule has 0 radical (unpaired) electrons. The van der Waals surface area contributed by atoms with Gasteiger partial charge in [0.05, 0.1) is 0 Å². The Balaban J connectivity index is 2.02. The molecule has 0 aliphatic carbocycles. The summed E-state index contributed by atoms with van der Waals surface area (Å²) in [5.74, 6) is 0.870. The molecule has 2 heterocycles. The molecule has 2 aromatic rings. The van der Waals surface area contributed by atoms with E-state index in [4.69, 9.17) is 9.47 Å². The highest BCUT2D eigenvalue weighted by molar-refractivity contribution is 7.23. The van der Waals surface area contributed by atoms with Crippen molar-refractivity contribution in [2.24, 2.45) is 0 Å². The number of rotatable bonds is 10. The summed E-state index contributed by atoms with van der Waals surface area (Å²) in [4.78, 5) is 2.33. The van der Waals surface area contributed by atoms with Crippen LogP contribution in [0.2, 0.25) is 0 Å². The molecule has 0 fully saturated rings. The predicted molar refractivity (Wildman–Crippen MR) is 120 cm³/mol. The second-order valence-corrected chi connectivity index (χ2v) is 7.77. The van der Waals surface area contributed by atoms with Gasteiger partial charge < -0.3 is 9.47 Å². The maximum absolute atomic E-state index is 6.00. The molecule has 0 amide bonds. The van der Waals surface area contributed by atoms with Crippen LogP contribution in [-0.4, -0.2) is 6.10 Å². The molecule has 0 saturated heterocycles. The highest BCUT2D eigenvalue weighted by atomic mass is 32.1. The summed E-state index contributed by atoms with van der Waals surface area (Å²) in [7, 11) is 0. The van der Waals surface area contributed by atoms with Crippen LogP contribution in [0.4, 0.5) is 0 Å². The summed E-state index contributed by atoms with van der Waals surface area (Å²) < 4.78 is 11.8. The van der Waals surface area contributed by atoms with Crippen LogP contribution in [0.5, 0.6) is 10.1 Å². The van der Waals surface area contributed by atoms with Gasteiger partial charge in [0.2, 0.25) is 0 Å². The average Bonchev–Trinajstić information content (AvgIpc) is 3.31. The summed E-state index contributed by atoms with van der Waals surface area (Å²) >= 11 is 3.26. The fourth-order valence-corrected chi connectivity index (χ4v) is 4.03. The predicted octanol–water partition coefficient (Wildman–Crippen LogP) is 7.79. The lowest BCUT2D eigenvalue weighted by atomic mass is 10.3. The molecular weight excluding hydrogens is 372 g/mol. The highest BCUT2D eigenvalue weighted by Gasteiger charge is 2.10. The van der Waals surface area contributed by atoms with Gasteiger partial charge in [-0.2, -0.15) is 0 Å². The van der Waals surface area contributed by atoms with Crippen LogP contribution in [0.15, 0.2) is 85.2 Å². The minimum absolute atomic E-state index is 0.139. The van der Waals surface area contributed by atoms with E-state index in [-0.39, 0.29) is 6.10 Å². The molecule has 142 valence electrons. The Morgan fingerprint density at radius 2 is 1.78 bits per heavy atom. The Hall–Kier alpha value is -2.30. The Morgan fingerprint density at radius 3 is 2.44 bits per heavy atom. The van der Waals surface area contributed by atoms with Crippen molar-refractivity contribution in [3.05, 3.63) is 85.2 Å². The Morgan fingerprint density at radius 1 is 1.07 bits per heavy atom. The number of allylic oxidation sites excluding steroid dienone is 7. The normalized spacial score (nSPS) is 13.7. The van der Waals surface area contributed by atoms with E-state index in [2.05, 4.69) is 31.7 Å². The highest BCUT2D eigenvalue weighted by Crippen LogP contribution is 2.40. The molecule has 0 spiro atoms. The van der Waals surface area contributed by atoms with Crippen molar-refractivity contribution in [3.8, 4) is 19.9 Å². The Bertz CT molecular complexity index is 834. The van der Waals surface area contributed by atoms with Crippen molar-refractivity contribution < 1.29 is 9.47 Å². The van der Waals surface area contributed by atoms with Crippen LogP contribution >= 0.6 is 22.7 Å². The minimum Gasteiger partial charge on any atom is -0.473 e. The van der Waals surface area contributed by atoms with Gasteiger partial charge in [0.1, 0.15) is 11.9 Å². The van der Waals surface area contributed by atoms with Gasteiger partial charge in [-0.3, -0.25) is 0 Å². The van der Waals surface area contributed by atoms with E-state index in [0.717, 1.165) is 27.2 Å². The third kappa shape index (κ3) is 7.08. The van der Waals surface area contributed by atoms with Crippen LogP contribution in [0.1, 0.15) is 27.2 Å². The topological polar surface area (TPSA) is 18.5 Å². The summed E-state index contributed by atoms with van der Waals surface area (Å²) in [6.07, 6.45) is 16.7. The lowest BCUT2D eigenvalue weighted by Crippen LogP contribution is -2.08. The maximum Gasteiger partial charge on any atom is 0.181 e. The van der Waals surface area contributed by atoms with Gasteiger partial charge in [-0.05, 0) is 62.8 Å². The smallest absolute Gasteiger partial charge is 0.181 e. The summed E-state index contributed by atoms with van der Waals surface area (Å²) in [6, 6.07) is 8.17. The number of ether oxygens (including phenoxy) is 2. The van der Waals surface area contributed by atoms with Crippen molar-refractivity contribution >= 4 is 22.7 Å². The third-order valence-electron chi connectivity index (χ3n) is 3.46. The van der Waals surface area contributed by atoms with E-state index < -0.39 is 0 Å². The van der Waals surface area contributed by atoms with Crippen LogP contribution < -0.4 is 9.47 Å². The molecule has 0 aliphatic heterocycles. The zero-order chi connectivity index (χ0) is 19.5. The first-order valence-electron chi connectivity index (χ1n) is 8.96. The molecule has 0 saturated carbocycles. The van der Waals surface area contributed by atoms with E-state index in [1.54, 1.807) is 28.7 Å². The van der Waals surface area contributed by atoms with E-state index >= 15 is 0 Å². The van der Waals surface area contributed by atoms with Crippen LogP contribution in [0, 0.1) is 0 Å².